The highest BCUT2D eigenvalue weighted by Gasteiger charge is 2.14. The highest BCUT2D eigenvalue weighted by atomic mass is 16.3. The van der Waals surface area contributed by atoms with E-state index in [9.17, 15) is 9.90 Å². The fraction of sp³-hybridized carbons (Fsp3) is 0.250. The van der Waals surface area contributed by atoms with Crippen molar-refractivity contribution >= 4 is 11.4 Å². The van der Waals surface area contributed by atoms with E-state index in [2.05, 4.69) is 0 Å². The molecule has 15 heavy (non-hydrogen) atoms. The van der Waals surface area contributed by atoms with Crippen molar-refractivity contribution in [3.63, 3.8) is 0 Å². The number of phenolic OH excluding ortho intramolecular Hbond substituents is 2. The Morgan fingerprint density at radius 2 is 1.93 bits per heavy atom. The van der Waals surface area contributed by atoms with Gasteiger partial charge < -0.3 is 10.2 Å². The molecule has 0 saturated carbocycles. The molecular weight excluding hydrogens is 192 g/mol. The molecule has 0 fully saturated rings. The lowest BCUT2D eigenvalue weighted by Crippen LogP contribution is -2.03. The van der Waals surface area contributed by atoms with Gasteiger partial charge in [-0.2, -0.15) is 0 Å². The molecule has 0 aromatic heterocycles. The average Bonchev–Trinajstić information content (AvgIpc) is 2.20. The van der Waals surface area contributed by atoms with Crippen molar-refractivity contribution in [3.8, 4) is 11.5 Å². The van der Waals surface area contributed by atoms with Crippen LogP contribution in [0.5, 0.6) is 11.5 Å². The summed E-state index contributed by atoms with van der Waals surface area (Å²) < 4.78 is 0. The third kappa shape index (κ3) is 2.01. The van der Waals surface area contributed by atoms with E-state index in [0.717, 1.165) is 5.57 Å². The van der Waals surface area contributed by atoms with E-state index < -0.39 is 0 Å². The lowest BCUT2D eigenvalue weighted by atomic mass is 9.92. The first-order chi connectivity index (χ1) is 7.16. The summed E-state index contributed by atoms with van der Waals surface area (Å²) >= 11 is 0. The molecule has 0 heterocycles. The average molecular weight is 204 g/mol. The molecule has 0 radical (unpaired) electrons. The molecule has 0 bridgehead atoms. The van der Waals surface area contributed by atoms with Crippen molar-refractivity contribution in [1.82, 2.24) is 0 Å². The van der Waals surface area contributed by atoms with Gasteiger partial charge in [0, 0.05) is 24.5 Å². The Hall–Kier alpha value is -1.77. The highest BCUT2D eigenvalue weighted by molar-refractivity contribution is 5.87. The van der Waals surface area contributed by atoms with E-state index in [0.29, 0.717) is 24.8 Å². The summed E-state index contributed by atoms with van der Waals surface area (Å²) in [6, 6.07) is 4.52. The minimum Gasteiger partial charge on any atom is -0.508 e. The highest BCUT2D eigenvalue weighted by Crippen LogP contribution is 2.33. The van der Waals surface area contributed by atoms with Crippen LogP contribution in [0, 0.1) is 0 Å². The van der Waals surface area contributed by atoms with Gasteiger partial charge in [0.1, 0.15) is 17.3 Å². The standard InChI is InChI=1S/C12H12O3/c13-9-3-1-8(2-4-9)11-6-5-10(14)7-12(11)15/h1,5-7,14-15H,2-4H2. The van der Waals surface area contributed by atoms with Gasteiger partial charge in [-0.25, -0.2) is 0 Å². The van der Waals surface area contributed by atoms with Gasteiger partial charge in [0.15, 0.2) is 0 Å². The van der Waals surface area contributed by atoms with Gasteiger partial charge >= 0.3 is 0 Å². The number of ketones is 1. The molecule has 1 aliphatic carbocycles. The maximum atomic E-state index is 11.0. The van der Waals surface area contributed by atoms with Crippen LogP contribution in [-0.2, 0) is 4.79 Å². The molecule has 2 N–H and O–H groups in total. The summed E-state index contributed by atoms with van der Waals surface area (Å²) in [6.07, 6.45) is 3.48. The van der Waals surface area contributed by atoms with Crippen LogP contribution >= 0.6 is 0 Å². The lowest BCUT2D eigenvalue weighted by molar-refractivity contribution is -0.118. The molecular formula is C12H12O3. The van der Waals surface area contributed by atoms with Crippen molar-refractivity contribution in [2.75, 3.05) is 0 Å². The Labute approximate surface area is 87.7 Å². The number of aromatic hydroxyl groups is 2. The Balaban J connectivity index is 2.34. The van der Waals surface area contributed by atoms with Gasteiger partial charge in [-0.1, -0.05) is 6.08 Å². The molecule has 1 aromatic carbocycles. The minimum absolute atomic E-state index is 0.0451. The number of hydrogen-bond donors (Lipinski definition) is 2. The lowest BCUT2D eigenvalue weighted by Gasteiger charge is -2.13. The predicted octanol–water partition coefficient (Wildman–Crippen LogP) is 2.23. The van der Waals surface area contributed by atoms with Crippen LogP contribution in [0.3, 0.4) is 0 Å². The molecule has 0 unspecified atom stereocenters. The third-order valence-electron chi connectivity index (χ3n) is 2.58. The van der Waals surface area contributed by atoms with Crippen LogP contribution in [0.2, 0.25) is 0 Å². The van der Waals surface area contributed by atoms with Gasteiger partial charge in [0.25, 0.3) is 0 Å². The Morgan fingerprint density at radius 3 is 2.53 bits per heavy atom. The SMILES string of the molecule is O=C1CC=C(c2ccc(O)cc2O)CC1. The van der Waals surface area contributed by atoms with E-state index in [1.165, 1.54) is 12.1 Å². The molecule has 3 heteroatoms. The normalized spacial score (nSPS) is 16.3. The number of hydrogen-bond acceptors (Lipinski definition) is 3. The predicted molar refractivity (Wildman–Crippen MR) is 56.6 cm³/mol. The first kappa shape index (κ1) is 9.77. The summed E-state index contributed by atoms with van der Waals surface area (Å²) in [4.78, 5) is 11.0. The minimum atomic E-state index is 0.0451. The summed E-state index contributed by atoms with van der Waals surface area (Å²) in [6.45, 7) is 0. The summed E-state index contributed by atoms with van der Waals surface area (Å²) in [5, 5.41) is 18.8. The first-order valence-electron chi connectivity index (χ1n) is 4.90. The van der Waals surface area contributed by atoms with Gasteiger partial charge in [-0.3, -0.25) is 4.79 Å². The second kappa shape index (κ2) is 3.77. The second-order valence-electron chi connectivity index (χ2n) is 3.67. The second-order valence-corrected chi connectivity index (χ2v) is 3.67. The molecule has 3 nitrogen and oxygen atoms in total. The Morgan fingerprint density at radius 1 is 1.13 bits per heavy atom. The summed E-state index contributed by atoms with van der Waals surface area (Å²) in [5.74, 6) is 0.344. The van der Waals surface area contributed by atoms with E-state index in [1.54, 1.807) is 6.07 Å². The number of carbonyl (C=O) groups is 1. The van der Waals surface area contributed by atoms with Gasteiger partial charge in [-0.15, -0.1) is 0 Å². The topological polar surface area (TPSA) is 57.5 Å². The monoisotopic (exact) mass is 204 g/mol. The number of Topliss-reactive ketones (excluding diaryl/α,β-unsaturated/α-hetero) is 1. The quantitative estimate of drug-likeness (QED) is 0.737. The molecule has 0 atom stereocenters. The van der Waals surface area contributed by atoms with Crippen molar-refractivity contribution in [2.24, 2.45) is 0 Å². The molecule has 0 amide bonds. The maximum Gasteiger partial charge on any atom is 0.137 e. The van der Waals surface area contributed by atoms with Crippen LogP contribution in [0.1, 0.15) is 24.8 Å². The fourth-order valence-electron chi connectivity index (χ4n) is 1.75. The van der Waals surface area contributed by atoms with E-state index in [-0.39, 0.29) is 17.3 Å². The molecule has 2 rings (SSSR count). The van der Waals surface area contributed by atoms with E-state index in [1.807, 2.05) is 6.08 Å². The number of carbonyl (C=O) groups excluding carboxylic acids is 1. The Kier molecular flexibility index (Phi) is 2.46. The number of allylic oxidation sites excluding steroid dienone is 2. The third-order valence-corrected chi connectivity index (χ3v) is 2.58. The van der Waals surface area contributed by atoms with Crippen LogP contribution in [0.4, 0.5) is 0 Å². The van der Waals surface area contributed by atoms with Crippen molar-refractivity contribution in [1.29, 1.82) is 0 Å². The largest absolute Gasteiger partial charge is 0.508 e. The van der Waals surface area contributed by atoms with Crippen LogP contribution in [0.25, 0.3) is 5.57 Å². The van der Waals surface area contributed by atoms with Crippen molar-refractivity contribution in [2.45, 2.75) is 19.3 Å². The van der Waals surface area contributed by atoms with E-state index >= 15 is 0 Å². The fourth-order valence-corrected chi connectivity index (χ4v) is 1.75. The molecule has 1 aliphatic rings. The molecule has 0 aliphatic heterocycles. The zero-order valence-electron chi connectivity index (χ0n) is 8.23. The van der Waals surface area contributed by atoms with Gasteiger partial charge in [0.05, 0.1) is 0 Å². The zero-order valence-corrected chi connectivity index (χ0v) is 8.23. The van der Waals surface area contributed by atoms with Gasteiger partial charge in [-0.05, 0) is 24.1 Å². The van der Waals surface area contributed by atoms with E-state index in [4.69, 9.17) is 5.11 Å². The van der Waals surface area contributed by atoms with Crippen LogP contribution in [0.15, 0.2) is 24.3 Å². The molecule has 78 valence electrons. The number of benzene rings is 1. The molecule has 0 spiro atoms. The van der Waals surface area contributed by atoms with Crippen LogP contribution in [-0.4, -0.2) is 16.0 Å². The zero-order chi connectivity index (χ0) is 10.8. The smallest absolute Gasteiger partial charge is 0.137 e. The molecule has 0 saturated heterocycles. The number of rotatable bonds is 1. The summed E-state index contributed by atoms with van der Waals surface area (Å²) in [7, 11) is 0. The Bertz CT molecular complexity index is 432. The number of phenols is 2. The first-order valence-corrected chi connectivity index (χ1v) is 4.90. The van der Waals surface area contributed by atoms with Gasteiger partial charge in [0.2, 0.25) is 0 Å². The summed E-state index contributed by atoms with van der Waals surface area (Å²) in [5.41, 5.74) is 1.69. The molecule has 1 aromatic rings. The maximum absolute atomic E-state index is 11.0. The van der Waals surface area contributed by atoms with Crippen molar-refractivity contribution in [3.05, 3.63) is 29.8 Å². The van der Waals surface area contributed by atoms with Crippen molar-refractivity contribution < 1.29 is 15.0 Å². The van der Waals surface area contributed by atoms with Crippen LogP contribution < -0.4 is 0 Å².